The number of benzene rings is 1. The quantitative estimate of drug-likeness (QED) is 0.646. The predicted octanol–water partition coefficient (Wildman–Crippen LogP) is 2.56. The van der Waals surface area contributed by atoms with Crippen molar-refractivity contribution in [3.8, 4) is 11.1 Å². The molecule has 0 spiro atoms. The molecule has 0 unspecified atom stereocenters. The third kappa shape index (κ3) is 3.80. The Morgan fingerprint density at radius 2 is 2.08 bits per heavy atom. The Morgan fingerprint density at radius 1 is 1.24 bits per heavy atom. The Labute approximate surface area is 147 Å². The van der Waals surface area contributed by atoms with E-state index in [1.165, 1.54) is 0 Å². The van der Waals surface area contributed by atoms with Crippen molar-refractivity contribution in [1.82, 2.24) is 20.2 Å². The number of likely N-dealkylation sites (N-methyl/N-ethyl adjacent to an activating group) is 1. The van der Waals surface area contributed by atoms with Gasteiger partial charge in [-0.15, -0.1) is 0 Å². The minimum Gasteiger partial charge on any atom is -0.369 e. The molecular formula is C19H23N5O. The van der Waals surface area contributed by atoms with Crippen LogP contribution in [-0.4, -0.2) is 55.0 Å². The van der Waals surface area contributed by atoms with Crippen LogP contribution >= 0.6 is 0 Å². The molecule has 0 aliphatic heterocycles. The van der Waals surface area contributed by atoms with Gasteiger partial charge >= 0.3 is 0 Å². The van der Waals surface area contributed by atoms with Crippen LogP contribution in [0.5, 0.6) is 0 Å². The van der Waals surface area contributed by atoms with E-state index in [-0.39, 0.29) is 5.91 Å². The number of pyridine rings is 1. The van der Waals surface area contributed by atoms with E-state index in [2.05, 4.69) is 25.5 Å². The van der Waals surface area contributed by atoms with Crippen LogP contribution < -0.4 is 10.6 Å². The summed E-state index contributed by atoms with van der Waals surface area (Å²) in [6.45, 7) is 1.73. The van der Waals surface area contributed by atoms with Gasteiger partial charge in [-0.3, -0.25) is 4.79 Å². The Morgan fingerprint density at radius 3 is 2.84 bits per heavy atom. The van der Waals surface area contributed by atoms with Crippen LogP contribution in [-0.2, 0) is 0 Å². The number of aromatic amines is 1. The zero-order valence-electron chi connectivity index (χ0n) is 14.8. The smallest absolute Gasteiger partial charge is 0.251 e. The molecule has 2 heterocycles. The fourth-order valence-corrected chi connectivity index (χ4v) is 2.75. The van der Waals surface area contributed by atoms with Crippen molar-refractivity contribution >= 4 is 22.8 Å². The van der Waals surface area contributed by atoms with Crippen LogP contribution in [0.15, 0.2) is 42.6 Å². The first-order valence-corrected chi connectivity index (χ1v) is 8.27. The Kier molecular flexibility index (Phi) is 5.00. The van der Waals surface area contributed by atoms with Crippen molar-refractivity contribution in [3.63, 3.8) is 0 Å². The summed E-state index contributed by atoms with van der Waals surface area (Å²) in [5.74, 6) is 0.725. The van der Waals surface area contributed by atoms with E-state index in [1.54, 1.807) is 7.05 Å². The van der Waals surface area contributed by atoms with Crippen LogP contribution in [0.2, 0.25) is 0 Å². The van der Waals surface area contributed by atoms with Crippen LogP contribution in [0.25, 0.3) is 22.2 Å². The number of aromatic nitrogens is 2. The average molecular weight is 337 g/mol. The van der Waals surface area contributed by atoms with E-state index in [0.717, 1.165) is 41.1 Å². The molecule has 3 rings (SSSR count). The van der Waals surface area contributed by atoms with Gasteiger partial charge in [0.25, 0.3) is 5.91 Å². The number of anilines is 1. The summed E-state index contributed by atoms with van der Waals surface area (Å²) >= 11 is 0. The number of fused-ring (bicyclic) bond motifs is 1. The number of hydrogen-bond donors (Lipinski definition) is 3. The molecule has 6 heteroatoms. The van der Waals surface area contributed by atoms with Crippen molar-refractivity contribution in [1.29, 1.82) is 0 Å². The fraction of sp³-hybridized carbons (Fsp3) is 0.263. The van der Waals surface area contributed by atoms with E-state index in [0.29, 0.717) is 5.56 Å². The molecule has 0 radical (unpaired) electrons. The van der Waals surface area contributed by atoms with Gasteiger partial charge in [-0.25, -0.2) is 4.98 Å². The lowest BCUT2D eigenvalue weighted by molar-refractivity contribution is 0.0963. The van der Waals surface area contributed by atoms with Crippen LogP contribution in [0.1, 0.15) is 10.4 Å². The summed E-state index contributed by atoms with van der Waals surface area (Å²) in [5.41, 5.74) is 3.51. The second-order valence-corrected chi connectivity index (χ2v) is 6.18. The third-order valence-electron chi connectivity index (χ3n) is 4.06. The molecule has 6 nitrogen and oxygen atoms in total. The summed E-state index contributed by atoms with van der Waals surface area (Å²) in [4.78, 5) is 21.9. The molecule has 1 aromatic carbocycles. The standard InChI is InChI=1S/C19H23N5O/c1-20-19(25)14-6-4-5-13(11-14)16-12-17(21-9-10-24(2)3)23-18-15(16)7-8-22-18/h4-8,11-12H,9-10H2,1-3H3,(H,20,25)(H2,21,22,23). The second kappa shape index (κ2) is 7.36. The van der Waals surface area contributed by atoms with Crippen molar-refractivity contribution in [2.75, 3.05) is 39.5 Å². The molecule has 3 aromatic rings. The molecule has 2 aromatic heterocycles. The molecule has 1 amide bonds. The van der Waals surface area contributed by atoms with Crippen LogP contribution in [0, 0.1) is 0 Å². The van der Waals surface area contributed by atoms with Gasteiger partial charge in [0, 0.05) is 37.3 Å². The van der Waals surface area contributed by atoms with Gasteiger partial charge in [0.05, 0.1) is 0 Å². The molecule has 0 fully saturated rings. The highest BCUT2D eigenvalue weighted by Gasteiger charge is 2.11. The number of hydrogen-bond acceptors (Lipinski definition) is 4. The third-order valence-corrected chi connectivity index (χ3v) is 4.06. The largest absolute Gasteiger partial charge is 0.369 e. The number of H-pyrrole nitrogens is 1. The average Bonchev–Trinajstić information content (AvgIpc) is 3.08. The lowest BCUT2D eigenvalue weighted by Crippen LogP contribution is -2.21. The van der Waals surface area contributed by atoms with E-state index in [4.69, 9.17) is 0 Å². The first kappa shape index (κ1) is 17.0. The minimum atomic E-state index is -0.0921. The Bertz CT molecular complexity index is 884. The number of amides is 1. The maximum absolute atomic E-state index is 11.9. The molecule has 0 bridgehead atoms. The lowest BCUT2D eigenvalue weighted by Gasteiger charge is -2.13. The molecule has 0 aliphatic rings. The number of carbonyl (C=O) groups is 1. The normalized spacial score (nSPS) is 11.0. The maximum atomic E-state index is 11.9. The molecule has 0 saturated carbocycles. The van der Waals surface area contributed by atoms with Crippen molar-refractivity contribution < 1.29 is 4.79 Å². The summed E-state index contributed by atoms with van der Waals surface area (Å²) < 4.78 is 0. The van der Waals surface area contributed by atoms with Crippen molar-refractivity contribution in [3.05, 3.63) is 48.2 Å². The Hall–Kier alpha value is -2.86. The van der Waals surface area contributed by atoms with Crippen LogP contribution in [0.3, 0.4) is 0 Å². The van der Waals surface area contributed by atoms with Crippen molar-refractivity contribution in [2.45, 2.75) is 0 Å². The monoisotopic (exact) mass is 337 g/mol. The highest BCUT2D eigenvalue weighted by molar-refractivity contribution is 5.98. The molecule has 130 valence electrons. The van der Waals surface area contributed by atoms with E-state index in [9.17, 15) is 4.79 Å². The molecule has 0 aliphatic carbocycles. The summed E-state index contributed by atoms with van der Waals surface area (Å²) in [7, 11) is 5.72. The molecule has 0 atom stereocenters. The van der Waals surface area contributed by atoms with Gasteiger partial charge in [0.1, 0.15) is 11.5 Å². The van der Waals surface area contributed by atoms with E-state index >= 15 is 0 Å². The summed E-state index contributed by atoms with van der Waals surface area (Å²) in [6.07, 6.45) is 1.88. The molecule has 25 heavy (non-hydrogen) atoms. The predicted molar refractivity (Wildman–Crippen MR) is 102 cm³/mol. The summed E-state index contributed by atoms with van der Waals surface area (Å²) in [5, 5.41) is 7.07. The highest BCUT2D eigenvalue weighted by atomic mass is 16.1. The topological polar surface area (TPSA) is 73.1 Å². The number of carbonyl (C=O) groups excluding carboxylic acids is 1. The minimum absolute atomic E-state index is 0.0921. The van der Waals surface area contributed by atoms with E-state index < -0.39 is 0 Å². The van der Waals surface area contributed by atoms with E-state index in [1.807, 2.05) is 56.7 Å². The maximum Gasteiger partial charge on any atom is 0.251 e. The number of nitrogens with one attached hydrogen (secondary N) is 3. The fourth-order valence-electron chi connectivity index (χ4n) is 2.75. The first-order valence-electron chi connectivity index (χ1n) is 8.27. The van der Waals surface area contributed by atoms with Gasteiger partial charge in [-0.05, 0) is 49.5 Å². The molecule has 0 saturated heterocycles. The van der Waals surface area contributed by atoms with Gasteiger partial charge in [0.15, 0.2) is 0 Å². The van der Waals surface area contributed by atoms with Gasteiger partial charge in [-0.1, -0.05) is 12.1 Å². The first-order chi connectivity index (χ1) is 12.1. The van der Waals surface area contributed by atoms with Gasteiger partial charge in [0.2, 0.25) is 0 Å². The van der Waals surface area contributed by atoms with Crippen molar-refractivity contribution in [2.24, 2.45) is 0 Å². The van der Waals surface area contributed by atoms with Gasteiger partial charge in [-0.2, -0.15) is 0 Å². The number of nitrogens with zero attached hydrogens (tertiary/aromatic N) is 2. The number of rotatable bonds is 6. The Balaban J connectivity index is 2.00. The molecular weight excluding hydrogens is 314 g/mol. The second-order valence-electron chi connectivity index (χ2n) is 6.18. The SMILES string of the molecule is CNC(=O)c1cccc(-c2cc(NCCN(C)C)nc3[nH]ccc23)c1. The summed E-state index contributed by atoms with van der Waals surface area (Å²) in [6, 6.07) is 11.7. The zero-order chi connectivity index (χ0) is 17.8. The molecule has 3 N–H and O–H groups in total. The van der Waals surface area contributed by atoms with Crippen LogP contribution in [0.4, 0.5) is 5.82 Å². The lowest BCUT2D eigenvalue weighted by atomic mass is 10.0. The zero-order valence-corrected chi connectivity index (χ0v) is 14.8. The van der Waals surface area contributed by atoms with Gasteiger partial charge < -0.3 is 20.5 Å². The highest BCUT2D eigenvalue weighted by Crippen LogP contribution is 2.30.